The fourth-order valence-corrected chi connectivity index (χ4v) is 4.81. The number of nitrogens with zero attached hydrogens (tertiary/aromatic N) is 3. The summed E-state index contributed by atoms with van der Waals surface area (Å²) in [6.07, 6.45) is 0. The third kappa shape index (κ3) is 7.02. The van der Waals surface area contributed by atoms with Crippen molar-refractivity contribution in [3.63, 3.8) is 0 Å². The summed E-state index contributed by atoms with van der Waals surface area (Å²) < 4.78 is 6.32. The van der Waals surface area contributed by atoms with E-state index in [-0.39, 0.29) is 5.91 Å². The third-order valence-corrected chi connectivity index (χ3v) is 7.73. The number of rotatable bonds is 10. The Morgan fingerprint density at radius 2 is 1.61 bits per heavy atom. The highest BCUT2D eigenvalue weighted by Gasteiger charge is 2.31. The maximum atomic E-state index is 13.9. The predicted octanol–water partition coefficient (Wildman–Crippen LogP) is 6.87. The van der Waals surface area contributed by atoms with E-state index in [2.05, 4.69) is 27.9 Å². The molecule has 4 aromatic rings. The van der Waals surface area contributed by atoms with Gasteiger partial charge in [0.25, 0.3) is 0 Å². The first kappa shape index (κ1) is 28.3. The minimum Gasteiger partial charge on any atom is -0.383 e. The quantitative estimate of drug-likeness (QED) is 0.188. The predicted molar refractivity (Wildman–Crippen MR) is 162 cm³/mol. The lowest BCUT2D eigenvalue weighted by molar-refractivity contribution is -0.122. The number of halogens is 3. The van der Waals surface area contributed by atoms with Crippen molar-refractivity contribution in [2.24, 2.45) is 0 Å². The van der Waals surface area contributed by atoms with Crippen molar-refractivity contribution in [1.82, 2.24) is 15.3 Å². The van der Waals surface area contributed by atoms with E-state index in [1.807, 2.05) is 78.6 Å². The van der Waals surface area contributed by atoms with Gasteiger partial charge in [0.05, 0.1) is 15.9 Å². The molecule has 1 heterocycles. The van der Waals surface area contributed by atoms with E-state index in [9.17, 15) is 4.79 Å². The van der Waals surface area contributed by atoms with Gasteiger partial charge in [-0.05, 0) is 64.9 Å². The van der Waals surface area contributed by atoms with Crippen molar-refractivity contribution >= 4 is 57.5 Å². The Hall–Kier alpha value is -2.72. The number of anilines is 1. The zero-order chi connectivity index (χ0) is 27.1. The Labute approximate surface area is 246 Å². The fourth-order valence-electron chi connectivity index (χ4n) is 4.00. The van der Waals surface area contributed by atoms with Crippen LogP contribution in [0.5, 0.6) is 0 Å². The summed E-state index contributed by atoms with van der Waals surface area (Å²) in [4.78, 5) is 25.6. The lowest BCUT2D eigenvalue weighted by Crippen LogP contribution is -2.43. The number of hydrogen-bond donors (Lipinski definition) is 1. The summed E-state index contributed by atoms with van der Waals surface area (Å²) in [6, 6.07) is 23.8. The number of methoxy groups -OCH3 is 1. The number of amides is 1. The molecule has 9 heteroatoms. The SMILES string of the molecule is COCCN(c1nc(-c2ccccc2)nc(C)c1I)C(C(=O)NCc1ccc(Cl)cc1)c1ccc(Cl)cc1. The number of aromatic nitrogens is 2. The molecule has 1 amide bonds. The normalized spacial score (nSPS) is 11.7. The molecular weight excluding hydrogens is 634 g/mol. The van der Waals surface area contributed by atoms with Gasteiger partial charge in [-0.25, -0.2) is 9.97 Å². The van der Waals surface area contributed by atoms with Crippen LogP contribution in [-0.2, 0) is 16.1 Å². The van der Waals surface area contributed by atoms with Crippen LogP contribution in [0.25, 0.3) is 11.4 Å². The molecule has 1 unspecified atom stereocenters. The first-order valence-electron chi connectivity index (χ1n) is 12.0. The molecular formula is C29H27Cl2IN4O2. The first-order valence-corrected chi connectivity index (χ1v) is 13.8. The van der Waals surface area contributed by atoms with E-state index in [1.165, 1.54) is 0 Å². The van der Waals surface area contributed by atoms with Gasteiger partial charge in [0.15, 0.2) is 5.82 Å². The Bertz CT molecular complexity index is 1370. The molecule has 3 aromatic carbocycles. The lowest BCUT2D eigenvalue weighted by Gasteiger charge is -2.33. The lowest BCUT2D eigenvalue weighted by atomic mass is 10.0. The van der Waals surface area contributed by atoms with Crippen LogP contribution in [0.15, 0.2) is 78.9 Å². The van der Waals surface area contributed by atoms with E-state index in [0.717, 1.165) is 26.0 Å². The molecule has 0 saturated heterocycles. The Balaban J connectivity index is 1.78. The molecule has 0 aliphatic carbocycles. The summed E-state index contributed by atoms with van der Waals surface area (Å²) in [5.74, 6) is 1.08. The van der Waals surface area contributed by atoms with Gasteiger partial charge in [-0.1, -0.05) is 77.8 Å². The fraction of sp³-hybridized carbons (Fsp3) is 0.207. The van der Waals surface area contributed by atoms with Crippen molar-refractivity contribution in [2.45, 2.75) is 19.5 Å². The standard InChI is InChI=1S/C29H27Cl2IN4O2/c1-19-25(32)28(35-27(34-19)22-6-4-3-5-7-22)36(16-17-38-2)26(21-10-14-24(31)15-11-21)29(37)33-18-20-8-12-23(30)13-9-20/h3-15,26H,16-18H2,1-2H3,(H,33,37). The number of hydrogen-bond acceptors (Lipinski definition) is 5. The zero-order valence-electron chi connectivity index (χ0n) is 21.0. The summed E-state index contributed by atoms with van der Waals surface area (Å²) >= 11 is 14.5. The maximum Gasteiger partial charge on any atom is 0.247 e. The largest absolute Gasteiger partial charge is 0.383 e. The molecule has 0 aliphatic rings. The molecule has 0 spiro atoms. The van der Waals surface area contributed by atoms with Gasteiger partial charge in [-0.2, -0.15) is 0 Å². The molecule has 6 nitrogen and oxygen atoms in total. The van der Waals surface area contributed by atoms with E-state index < -0.39 is 6.04 Å². The van der Waals surface area contributed by atoms with Crippen LogP contribution in [-0.4, -0.2) is 36.1 Å². The van der Waals surface area contributed by atoms with Gasteiger partial charge in [-0.15, -0.1) is 0 Å². The molecule has 4 rings (SSSR count). The molecule has 1 aromatic heterocycles. The number of ether oxygens (including phenoxy) is 1. The van der Waals surface area contributed by atoms with Gasteiger partial charge >= 0.3 is 0 Å². The second-order valence-corrected chi connectivity index (χ2v) is 10.6. The number of carbonyl (C=O) groups is 1. The van der Waals surface area contributed by atoms with Crippen LogP contribution in [0.3, 0.4) is 0 Å². The minimum absolute atomic E-state index is 0.174. The van der Waals surface area contributed by atoms with Crippen LogP contribution in [0, 0.1) is 10.5 Å². The smallest absolute Gasteiger partial charge is 0.247 e. The summed E-state index contributed by atoms with van der Waals surface area (Å²) in [7, 11) is 1.64. The average Bonchev–Trinajstić information content (AvgIpc) is 2.93. The van der Waals surface area contributed by atoms with Crippen molar-refractivity contribution < 1.29 is 9.53 Å². The average molecular weight is 661 g/mol. The van der Waals surface area contributed by atoms with Gasteiger partial charge in [0, 0.05) is 35.8 Å². The molecule has 38 heavy (non-hydrogen) atoms. The Morgan fingerprint density at radius 1 is 0.974 bits per heavy atom. The van der Waals surface area contributed by atoms with Crippen molar-refractivity contribution in [3.8, 4) is 11.4 Å². The monoisotopic (exact) mass is 660 g/mol. The number of aryl methyl sites for hydroxylation is 1. The van der Waals surface area contributed by atoms with Gasteiger partial charge in [0.1, 0.15) is 11.9 Å². The highest BCUT2D eigenvalue weighted by atomic mass is 127. The van der Waals surface area contributed by atoms with Crippen LogP contribution < -0.4 is 10.2 Å². The highest BCUT2D eigenvalue weighted by Crippen LogP contribution is 2.33. The molecule has 0 saturated carbocycles. The first-order chi connectivity index (χ1) is 18.4. The van der Waals surface area contributed by atoms with Crippen LogP contribution in [0.4, 0.5) is 5.82 Å². The van der Waals surface area contributed by atoms with Crippen LogP contribution in [0.2, 0.25) is 10.0 Å². The summed E-state index contributed by atoms with van der Waals surface area (Å²) in [5, 5.41) is 4.34. The van der Waals surface area contributed by atoms with Crippen molar-refractivity contribution in [3.05, 3.63) is 109 Å². The van der Waals surface area contributed by atoms with Gasteiger partial charge < -0.3 is 15.0 Å². The zero-order valence-corrected chi connectivity index (χ0v) is 24.7. The van der Waals surface area contributed by atoms with Crippen LogP contribution >= 0.6 is 45.8 Å². The second kappa shape index (κ2) is 13.4. The van der Waals surface area contributed by atoms with Crippen molar-refractivity contribution in [2.75, 3.05) is 25.2 Å². The van der Waals surface area contributed by atoms with Crippen LogP contribution in [0.1, 0.15) is 22.9 Å². The topological polar surface area (TPSA) is 67.3 Å². The molecule has 0 radical (unpaired) electrons. The highest BCUT2D eigenvalue weighted by molar-refractivity contribution is 14.1. The number of carbonyl (C=O) groups excluding carboxylic acids is 1. The molecule has 0 bridgehead atoms. The van der Waals surface area contributed by atoms with E-state index in [4.69, 9.17) is 37.9 Å². The van der Waals surface area contributed by atoms with Gasteiger partial charge in [0.2, 0.25) is 5.91 Å². The van der Waals surface area contributed by atoms with Gasteiger partial charge in [-0.3, -0.25) is 4.79 Å². The maximum absolute atomic E-state index is 13.9. The van der Waals surface area contributed by atoms with E-state index in [1.54, 1.807) is 19.2 Å². The molecule has 1 atom stereocenters. The molecule has 196 valence electrons. The second-order valence-electron chi connectivity index (χ2n) is 8.62. The Morgan fingerprint density at radius 3 is 2.24 bits per heavy atom. The summed E-state index contributed by atoms with van der Waals surface area (Å²) in [5.41, 5.74) is 3.45. The summed E-state index contributed by atoms with van der Waals surface area (Å²) in [6.45, 7) is 3.13. The molecule has 0 fully saturated rings. The minimum atomic E-state index is -0.693. The molecule has 1 N–H and O–H groups in total. The third-order valence-electron chi connectivity index (χ3n) is 5.97. The molecule has 0 aliphatic heterocycles. The number of benzene rings is 3. The number of nitrogens with one attached hydrogen (secondary N) is 1. The van der Waals surface area contributed by atoms with E-state index in [0.29, 0.717) is 41.4 Å². The van der Waals surface area contributed by atoms with Crippen molar-refractivity contribution in [1.29, 1.82) is 0 Å². The van der Waals surface area contributed by atoms with E-state index >= 15 is 0 Å². The Kier molecular flexibility index (Phi) is 9.96.